The molecule has 2 saturated heterocycles. The Kier molecular flexibility index (Phi) is 3.55. The van der Waals surface area contributed by atoms with E-state index < -0.39 is 6.09 Å². The van der Waals surface area contributed by atoms with Gasteiger partial charge in [0.1, 0.15) is 5.75 Å². The summed E-state index contributed by atoms with van der Waals surface area (Å²) in [4.78, 5) is 12.9. The van der Waals surface area contributed by atoms with Crippen molar-refractivity contribution >= 4 is 6.09 Å². The van der Waals surface area contributed by atoms with Crippen molar-refractivity contribution in [1.29, 1.82) is 0 Å². The average molecular weight is 275 g/mol. The monoisotopic (exact) mass is 275 g/mol. The molecule has 4 nitrogen and oxygen atoms in total. The fourth-order valence-corrected chi connectivity index (χ4v) is 3.72. The van der Waals surface area contributed by atoms with Crippen molar-refractivity contribution in [1.82, 2.24) is 4.90 Å². The highest BCUT2D eigenvalue weighted by atomic mass is 16.5. The lowest BCUT2D eigenvalue weighted by molar-refractivity contribution is 0.0460. The fraction of sp³-hybridized carbons (Fsp3) is 0.562. The SMILES string of the molecule is CC(Oc1ccccc1)C1C[C@H]2CC[C@@H](C1)N2C(=O)O. The first-order valence-electron chi connectivity index (χ1n) is 7.38. The van der Waals surface area contributed by atoms with E-state index >= 15 is 0 Å². The van der Waals surface area contributed by atoms with Gasteiger partial charge in [-0.15, -0.1) is 0 Å². The molecule has 0 saturated carbocycles. The van der Waals surface area contributed by atoms with Crippen LogP contribution in [0.15, 0.2) is 30.3 Å². The van der Waals surface area contributed by atoms with Gasteiger partial charge < -0.3 is 14.7 Å². The topological polar surface area (TPSA) is 49.8 Å². The summed E-state index contributed by atoms with van der Waals surface area (Å²) >= 11 is 0. The van der Waals surface area contributed by atoms with Crippen LogP contribution in [-0.2, 0) is 0 Å². The van der Waals surface area contributed by atoms with E-state index in [9.17, 15) is 9.90 Å². The highest BCUT2D eigenvalue weighted by Crippen LogP contribution is 2.40. The maximum absolute atomic E-state index is 11.3. The largest absolute Gasteiger partial charge is 0.490 e. The van der Waals surface area contributed by atoms with E-state index in [0.717, 1.165) is 31.4 Å². The molecule has 1 aromatic carbocycles. The second-order valence-corrected chi connectivity index (χ2v) is 5.94. The normalized spacial score (nSPS) is 30.1. The number of hydrogen-bond acceptors (Lipinski definition) is 2. The maximum Gasteiger partial charge on any atom is 0.407 e. The van der Waals surface area contributed by atoms with Crippen molar-refractivity contribution < 1.29 is 14.6 Å². The number of fused-ring (bicyclic) bond motifs is 2. The molecule has 0 aliphatic carbocycles. The zero-order chi connectivity index (χ0) is 14.1. The number of ether oxygens (including phenoxy) is 1. The molecule has 2 heterocycles. The second-order valence-electron chi connectivity index (χ2n) is 5.94. The molecule has 2 bridgehead atoms. The average Bonchev–Trinajstić information content (AvgIpc) is 2.71. The molecule has 2 fully saturated rings. The zero-order valence-corrected chi connectivity index (χ0v) is 11.7. The molecule has 0 radical (unpaired) electrons. The molecule has 1 amide bonds. The van der Waals surface area contributed by atoms with Crippen LogP contribution in [-0.4, -0.2) is 34.3 Å². The first-order chi connectivity index (χ1) is 9.65. The van der Waals surface area contributed by atoms with Gasteiger partial charge in [-0.05, 0) is 50.7 Å². The Hall–Kier alpha value is -1.71. The minimum absolute atomic E-state index is 0.136. The highest BCUT2D eigenvalue weighted by molar-refractivity contribution is 5.66. The number of rotatable bonds is 3. The van der Waals surface area contributed by atoms with Crippen LogP contribution >= 0.6 is 0 Å². The van der Waals surface area contributed by atoms with E-state index in [-0.39, 0.29) is 18.2 Å². The Labute approximate surface area is 119 Å². The Morgan fingerprint density at radius 3 is 2.40 bits per heavy atom. The smallest absolute Gasteiger partial charge is 0.407 e. The van der Waals surface area contributed by atoms with E-state index in [1.165, 1.54) is 0 Å². The summed E-state index contributed by atoms with van der Waals surface area (Å²) in [7, 11) is 0. The predicted octanol–water partition coefficient (Wildman–Crippen LogP) is 3.37. The van der Waals surface area contributed by atoms with Gasteiger partial charge >= 0.3 is 6.09 Å². The molecule has 1 N–H and O–H groups in total. The van der Waals surface area contributed by atoms with Crippen molar-refractivity contribution in [2.24, 2.45) is 5.92 Å². The predicted molar refractivity (Wildman–Crippen MR) is 75.9 cm³/mol. The molecule has 1 aromatic rings. The van der Waals surface area contributed by atoms with Gasteiger partial charge in [0.05, 0.1) is 6.10 Å². The number of benzene rings is 1. The molecule has 2 aliphatic rings. The summed E-state index contributed by atoms with van der Waals surface area (Å²) in [5.74, 6) is 1.34. The van der Waals surface area contributed by atoms with E-state index in [1.54, 1.807) is 4.90 Å². The third-order valence-electron chi connectivity index (χ3n) is 4.72. The lowest BCUT2D eigenvalue weighted by Gasteiger charge is -2.39. The third-order valence-corrected chi connectivity index (χ3v) is 4.72. The molecule has 3 rings (SSSR count). The molecule has 20 heavy (non-hydrogen) atoms. The van der Waals surface area contributed by atoms with E-state index in [2.05, 4.69) is 6.92 Å². The highest BCUT2D eigenvalue weighted by Gasteiger charge is 2.44. The standard InChI is InChI=1S/C16H21NO3/c1-11(20-15-5-3-2-4-6-15)12-9-13-7-8-14(10-12)17(13)16(18)19/h2-6,11-14H,7-10H2,1H3,(H,18,19)/t11?,12?,13-,14+. The molecule has 108 valence electrons. The minimum Gasteiger partial charge on any atom is -0.490 e. The van der Waals surface area contributed by atoms with Gasteiger partial charge in [-0.2, -0.15) is 0 Å². The molecule has 0 spiro atoms. The summed E-state index contributed by atoms with van der Waals surface area (Å²) in [6.45, 7) is 2.10. The Bertz CT molecular complexity index is 462. The minimum atomic E-state index is -0.757. The Morgan fingerprint density at radius 1 is 1.25 bits per heavy atom. The van der Waals surface area contributed by atoms with Crippen molar-refractivity contribution in [2.45, 2.75) is 50.8 Å². The summed E-state index contributed by atoms with van der Waals surface area (Å²) in [6.07, 6.45) is 3.24. The Morgan fingerprint density at radius 2 is 1.85 bits per heavy atom. The van der Waals surface area contributed by atoms with Gasteiger partial charge in [-0.1, -0.05) is 18.2 Å². The number of amides is 1. The van der Waals surface area contributed by atoms with Crippen LogP contribution in [0.25, 0.3) is 0 Å². The van der Waals surface area contributed by atoms with Crippen molar-refractivity contribution in [2.75, 3.05) is 0 Å². The van der Waals surface area contributed by atoms with Crippen LogP contribution in [0.2, 0.25) is 0 Å². The van der Waals surface area contributed by atoms with Crippen LogP contribution in [0.3, 0.4) is 0 Å². The first-order valence-corrected chi connectivity index (χ1v) is 7.38. The molecule has 0 aromatic heterocycles. The summed E-state index contributed by atoms with van der Waals surface area (Å²) in [5, 5.41) is 9.27. The van der Waals surface area contributed by atoms with Gasteiger partial charge in [0.15, 0.2) is 0 Å². The van der Waals surface area contributed by atoms with Gasteiger partial charge in [-0.25, -0.2) is 4.79 Å². The van der Waals surface area contributed by atoms with Gasteiger partial charge in [0.2, 0.25) is 0 Å². The van der Waals surface area contributed by atoms with Crippen LogP contribution < -0.4 is 4.74 Å². The van der Waals surface area contributed by atoms with E-state index in [4.69, 9.17) is 4.74 Å². The summed E-state index contributed by atoms with van der Waals surface area (Å²) in [6, 6.07) is 10.2. The number of carbonyl (C=O) groups is 1. The summed E-state index contributed by atoms with van der Waals surface area (Å²) in [5.41, 5.74) is 0. The number of piperidine rings is 1. The van der Waals surface area contributed by atoms with Crippen molar-refractivity contribution in [3.63, 3.8) is 0 Å². The third kappa shape index (κ3) is 2.47. The van der Waals surface area contributed by atoms with E-state index in [0.29, 0.717) is 5.92 Å². The van der Waals surface area contributed by atoms with Gasteiger partial charge in [-0.3, -0.25) is 0 Å². The van der Waals surface area contributed by atoms with E-state index in [1.807, 2.05) is 30.3 Å². The van der Waals surface area contributed by atoms with Crippen LogP contribution in [0.4, 0.5) is 4.79 Å². The molecule has 2 aliphatic heterocycles. The second kappa shape index (κ2) is 5.35. The molecule has 4 atom stereocenters. The van der Waals surface area contributed by atoms with Gasteiger partial charge in [0, 0.05) is 12.1 Å². The molecule has 4 heteroatoms. The fourth-order valence-electron chi connectivity index (χ4n) is 3.72. The number of para-hydroxylation sites is 1. The lowest BCUT2D eigenvalue weighted by Crippen LogP contribution is -2.48. The maximum atomic E-state index is 11.3. The van der Waals surface area contributed by atoms with Crippen molar-refractivity contribution in [3.8, 4) is 5.75 Å². The lowest BCUT2D eigenvalue weighted by atomic mass is 9.87. The quantitative estimate of drug-likeness (QED) is 0.920. The van der Waals surface area contributed by atoms with Crippen LogP contribution in [0.1, 0.15) is 32.6 Å². The molecular weight excluding hydrogens is 254 g/mol. The zero-order valence-electron chi connectivity index (χ0n) is 11.7. The van der Waals surface area contributed by atoms with Crippen LogP contribution in [0.5, 0.6) is 5.75 Å². The number of hydrogen-bond donors (Lipinski definition) is 1. The molecular formula is C16H21NO3. The molecule has 2 unspecified atom stereocenters. The Balaban J connectivity index is 1.64. The number of carboxylic acid groups (broad SMARTS) is 1. The van der Waals surface area contributed by atoms with Crippen molar-refractivity contribution in [3.05, 3.63) is 30.3 Å². The summed E-state index contributed by atoms with van der Waals surface area (Å²) < 4.78 is 6.01. The van der Waals surface area contributed by atoms with Crippen LogP contribution in [0, 0.1) is 5.92 Å². The first kappa shape index (κ1) is 13.3. The van der Waals surface area contributed by atoms with Gasteiger partial charge in [0.25, 0.3) is 0 Å². The number of nitrogens with zero attached hydrogens (tertiary/aromatic N) is 1.